The summed E-state index contributed by atoms with van der Waals surface area (Å²) in [5.41, 5.74) is -0.443. The first-order valence-corrected chi connectivity index (χ1v) is 10.3. The van der Waals surface area contributed by atoms with Crippen LogP contribution in [0.3, 0.4) is 0 Å². The summed E-state index contributed by atoms with van der Waals surface area (Å²) in [5, 5.41) is 3.57. The Labute approximate surface area is 132 Å². The molecule has 5 heteroatoms. The van der Waals surface area contributed by atoms with Crippen LogP contribution in [0.5, 0.6) is 0 Å². The van der Waals surface area contributed by atoms with Crippen LogP contribution in [0.15, 0.2) is 0 Å². The maximum absolute atomic E-state index is 11.4. The average molecular weight is 321 g/mol. The zero-order valence-electron chi connectivity index (χ0n) is 14.7. The smallest absolute Gasteiger partial charge is 0.209 e. The van der Waals surface area contributed by atoms with Crippen LogP contribution >= 0.6 is 0 Å². The van der Waals surface area contributed by atoms with E-state index < -0.39 is 15.6 Å². The van der Waals surface area contributed by atoms with Gasteiger partial charge in [0.15, 0.2) is 0 Å². The lowest BCUT2D eigenvalue weighted by atomic mass is 10.00. The minimum Gasteiger partial charge on any atom is -0.312 e. The molecule has 4 nitrogen and oxygen atoms in total. The summed E-state index contributed by atoms with van der Waals surface area (Å²) < 4.78 is 25.4. The predicted octanol–water partition coefficient (Wildman–Crippen LogP) is 3.43. The molecule has 0 saturated carbocycles. The summed E-state index contributed by atoms with van der Waals surface area (Å²) in [4.78, 5) is 0. The van der Waals surface area contributed by atoms with E-state index in [1.54, 1.807) is 0 Å². The van der Waals surface area contributed by atoms with Crippen molar-refractivity contribution in [2.75, 3.05) is 12.8 Å². The molecule has 0 atom stereocenters. The van der Waals surface area contributed by atoms with Crippen LogP contribution in [0.4, 0.5) is 0 Å². The Morgan fingerprint density at radius 3 is 1.81 bits per heavy atom. The van der Waals surface area contributed by atoms with Gasteiger partial charge in [0.2, 0.25) is 10.0 Å². The molecule has 0 unspecified atom stereocenters. The van der Waals surface area contributed by atoms with Crippen molar-refractivity contribution in [1.82, 2.24) is 10.0 Å². The van der Waals surface area contributed by atoms with E-state index in [-0.39, 0.29) is 0 Å². The minimum atomic E-state index is -3.16. The van der Waals surface area contributed by atoms with E-state index in [4.69, 9.17) is 0 Å². The molecule has 0 aromatic heterocycles. The second kappa shape index (κ2) is 10.6. The fourth-order valence-corrected chi connectivity index (χ4v) is 3.64. The molecule has 0 bridgehead atoms. The normalized spacial score (nSPS) is 13.0. The SMILES string of the molecule is CCCCCC(CCCCC)NCC(C)(C)NS(C)(=O)=O. The van der Waals surface area contributed by atoms with E-state index in [9.17, 15) is 8.42 Å². The third-order valence-electron chi connectivity index (χ3n) is 3.61. The van der Waals surface area contributed by atoms with E-state index in [0.29, 0.717) is 12.6 Å². The van der Waals surface area contributed by atoms with Gasteiger partial charge < -0.3 is 5.32 Å². The fraction of sp³-hybridized carbons (Fsp3) is 1.00. The van der Waals surface area contributed by atoms with Crippen LogP contribution in [0.25, 0.3) is 0 Å². The monoisotopic (exact) mass is 320 g/mol. The molecule has 128 valence electrons. The van der Waals surface area contributed by atoms with E-state index in [0.717, 1.165) is 0 Å². The van der Waals surface area contributed by atoms with Crippen LogP contribution in [-0.4, -0.2) is 32.8 Å². The van der Waals surface area contributed by atoms with Gasteiger partial charge in [0.05, 0.1) is 6.26 Å². The molecule has 0 heterocycles. The van der Waals surface area contributed by atoms with Gasteiger partial charge in [-0.3, -0.25) is 0 Å². The fourth-order valence-electron chi connectivity index (χ4n) is 2.57. The highest BCUT2D eigenvalue weighted by Gasteiger charge is 2.23. The molecule has 0 rings (SSSR count). The van der Waals surface area contributed by atoms with Crippen molar-refractivity contribution in [2.24, 2.45) is 0 Å². The van der Waals surface area contributed by atoms with Crippen molar-refractivity contribution < 1.29 is 8.42 Å². The van der Waals surface area contributed by atoms with Crippen LogP contribution < -0.4 is 10.0 Å². The zero-order valence-corrected chi connectivity index (χ0v) is 15.5. The molecule has 0 aliphatic carbocycles. The van der Waals surface area contributed by atoms with Crippen LogP contribution in [-0.2, 0) is 10.0 Å². The van der Waals surface area contributed by atoms with Gasteiger partial charge in [0, 0.05) is 18.1 Å². The van der Waals surface area contributed by atoms with Crippen molar-refractivity contribution in [3.05, 3.63) is 0 Å². The number of nitrogens with one attached hydrogen (secondary N) is 2. The average Bonchev–Trinajstić information content (AvgIpc) is 2.33. The molecular formula is C16H36N2O2S. The standard InChI is InChI=1S/C16H36N2O2S/c1-6-8-10-12-15(13-11-9-7-2)17-14-16(3,4)18-21(5,19)20/h15,17-18H,6-14H2,1-5H3. The molecule has 0 aliphatic heterocycles. The first-order valence-electron chi connectivity index (χ1n) is 8.42. The Morgan fingerprint density at radius 2 is 1.43 bits per heavy atom. The van der Waals surface area contributed by atoms with Crippen LogP contribution in [0.1, 0.15) is 79.1 Å². The van der Waals surface area contributed by atoms with Crippen LogP contribution in [0.2, 0.25) is 0 Å². The van der Waals surface area contributed by atoms with E-state index in [1.807, 2.05) is 13.8 Å². The summed E-state index contributed by atoms with van der Waals surface area (Å²) >= 11 is 0. The molecule has 0 saturated heterocycles. The number of rotatable bonds is 13. The zero-order chi connectivity index (χ0) is 16.4. The van der Waals surface area contributed by atoms with Crippen molar-refractivity contribution in [3.8, 4) is 0 Å². The molecule has 0 spiro atoms. The lowest BCUT2D eigenvalue weighted by Gasteiger charge is -2.29. The second-order valence-corrected chi connectivity index (χ2v) is 8.58. The van der Waals surface area contributed by atoms with E-state index in [1.165, 1.54) is 57.6 Å². The summed E-state index contributed by atoms with van der Waals surface area (Å²) in [6.07, 6.45) is 11.1. The van der Waals surface area contributed by atoms with E-state index >= 15 is 0 Å². The topological polar surface area (TPSA) is 58.2 Å². The highest BCUT2D eigenvalue weighted by atomic mass is 32.2. The Balaban J connectivity index is 4.29. The molecule has 21 heavy (non-hydrogen) atoms. The quantitative estimate of drug-likeness (QED) is 0.511. The first-order chi connectivity index (χ1) is 9.70. The third kappa shape index (κ3) is 13.3. The number of hydrogen-bond donors (Lipinski definition) is 2. The molecule has 0 radical (unpaired) electrons. The Kier molecular flexibility index (Phi) is 10.5. The largest absolute Gasteiger partial charge is 0.312 e. The third-order valence-corrected chi connectivity index (χ3v) is 4.53. The van der Waals surface area contributed by atoms with Gasteiger partial charge >= 0.3 is 0 Å². The lowest BCUT2D eigenvalue weighted by Crippen LogP contribution is -2.51. The highest BCUT2D eigenvalue weighted by Crippen LogP contribution is 2.12. The number of hydrogen-bond acceptors (Lipinski definition) is 3. The van der Waals surface area contributed by atoms with Crippen molar-refractivity contribution >= 4 is 10.0 Å². The lowest BCUT2D eigenvalue weighted by molar-refractivity contribution is 0.354. The minimum absolute atomic E-state index is 0.443. The van der Waals surface area contributed by atoms with Crippen LogP contribution in [0, 0.1) is 0 Å². The Hall–Kier alpha value is -0.130. The molecule has 0 amide bonds. The maximum Gasteiger partial charge on any atom is 0.209 e. The molecule has 0 aromatic rings. The Morgan fingerprint density at radius 1 is 0.952 bits per heavy atom. The first kappa shape index (κ1) is 20.9. The molecule has 0 aromatic carbocycles. The van der Waals surface area contributed by atoms with Gasteiger partial charge in [-0.25, -0.2) is 13.1 Å². The van der Waals surface area contributed by atoms with Gasteiger partial charge in [0.25, 0.3) is 0 Å². The van der Waals surface area contributed by atoms with Gasteiger partial charge in [-0.05, 0) is 26.7 Å². The summed E-state index contributed by atoms with van der Waals surface area (Å²) in [7, 11) is -3.16. The Bertz CT molecular complexity index is 343. The summed E-state index contributed by atoms with van der Waals surface area (Å²) in [6, 6.07) is 0.503. The van der Waals surface area contributed by atoms with Crippen molar-refractivity contribution in [1.29, 1.82) is 0 Å². The number of sulfonamides is 1. The summed E-state index contributed by atoms with van der Waals surface area (Å²) in [6.45, 7) is 8.96. The number of unbranched alkanes of at least 4 members (excludes halogenated alkanes) is 4. The molecular weight excluding hydrogens is 284 g/mol. The molecule has 2 N–H and O–H groups in total. The molecule has 0 fully saturated rings. The maximum atomic E-state index is 11.4. The highest BCUT2D eigenvalue weighted by molar-refractivity contribution is 7.88. The second-order valence-electron chi connectivity index (χ2n) is 6.83. The predicted molar refractivity (Wildman–Crippen MR) is 92.1 cm³/mol. The van der Waals surface area contributed by atoms with E-state index in [2.05, 4.69) is 23.9 Å². The van der Waals surface area contributed by atoms with Gasteiger partial charge in [-0.2, -0.15) is 0 Å². The van der Waals surface area contributed by atoms with Gasteiger partial charge in [-0.1, -0.05) is 52.4 Å². The van der Waals surface area contributed by atoms with Crippen molar-refractivity contribution in [2.45, 2.75) is 90.6 Å². The molecule has 0 aliphatic rings. The van der Waals surface area contributed by atoms with Crippen molar-refractivity contribution in [3.63, 3.8) is 0 Å². The summed E-state index contributed by atoms with van der Waals surface area (Å²) in [5.74, 6) is 0. The van der Waals surface area contributed by atoms with Gasteiger partial charge in [-0.15, -0.1) is 0 Å². The van der Waals surface area contributed by atoms with Gasteiger partial charge in [0.1, 0.15) is 0 Å².